The van der Waals surface area contributed by atoms with Crippen LogP contribution in [0.25, 0.3) is 0 Å². The fourth-order valence-electron chi connectivity index (χ4n) is 1.27. The smallest absolute Gasteiger partial charge is 0.0775 e. The molecule has 0 N–H and O–H groups in total. The van der Waals surface area contributed by atoms with E-state index in [1.807, 2.05) is 0 Å². The zero-order chi connectivity index (χ0) is 11.3. The maximum absolute atomic E-state index is 3.36. The molecule has 0 aliphatic carbocycles. The molecule has 1 aromatic rings. The summed E-state index contributed by atoms with van der Waals surface area (Å²) in [7, 11) is -1.15. The van der Waals surface area contributed by atoms with Crippen LogP contribution in [0.5, 0.6) is 0 Å². The van der Waals surface area contributed by atoms with Gasteiger partial charge in [-0.05, 0) is 12.1 Å². The molecule has 0 radical (unpaired) electrons. The summed E-state index contributed by atoms with van der Waals surface area (Å²) < 4.78 is 0. The highest BCUT2D eigenvalue weighted by Gasteiger charge is 2.15. The van der Waals surface area contributed by atoms with Gasteiger partial charge in [-0.3, -0.25) is 0 Å². The average Bonchev–Trinajstić information content (AvgIpc) is 2.18. The fraction of sp³-hybridized carbons (Fsp3) is 0.385. The van der Waals surface area contributed by atoms with Gasteiger partial charge in [-0.15, -0.1) is 0 Å². The summed E-state index contributed by atoms with van der Waals surface area (Å²) >= 11 is 3.36. The molecule has 0 bridgehead atoms. The minimum Gasteiger partial charge on any atom is -0.0970 e. The highest BCUT2D eigenvalue weighted by Crippen LogP contribution is 2.03. The van der Waals surface area contributed by atoms with Crippen molar-refractivity contribution in [3.63, 3.8) is 0 Å². The quantitative estimate of drug-likeness (QED) is 0.443. The van der Waals surface area contributed by atoms with Gasteiger partial charge < -0.3 is 0 Å². The van der Waals surface area contributed by atoms with Crippen LogP contribution in [0.4, 0.5) is 0 Å². The molecule has 0 saturated heterocycles. The van der Waals surface area contributed by atoms with Crippen LogP contribution < -0.4 is 5.19 Å². The molecule has 0 amide bonds. The number of rotatable bonds is 2. The van der Waals surface area contributed by atoms with Crippen LogP contribution in [0, 0.1) is 11.8 Å². The van der Waals surface area contributed by atoms with E-state index >= 15 is 0 Å². The molecular weight excluding hydrogens is 264 g/mol. The summed E-state index contributed by atoms with van der Waals surface area (Å²) in [5, 5.41) is 2.45. The molecule has 0 aliphatic rings. The first-order valence-corrected chi connectivity index (χ1v) is 9.81. The number of alkyl halides is 1. The van der Waals surface area contributed by atoms with Crippen LogP contribution in [0.15, 0.2) is 24.3 Å². The molecular formula is C13H17BrSi. The minimum absolute atomic E-state index is 0.912. The first-order chi connectivity index (χ1) is 7.04. The van der Waals surface area contributed by atoms with Gasteiger partial charge in [-0.1, -0.05) is 64.7 Å². The van der Waals surface area contributed by atoms with Crippen LogP contribution in [0.2, 0.25) is 19.6 Å². The zero-order valence-corrected chi connectivity index (χ0v) is 12.2. The largest absolute Gasteiger partial charge is 0.0970 e. The van der Waals surface area contributed by atoms with Crippen molar-refractivity contribution in [2.75, 3.05) is 5.33 Å². The lowest BCUT2D eigenvalue weighted by molar-refractivity contribution is 1.32. The predicted octanol–water partition coefficient (Wildman–Crippen LogP) is 3.37. The van der Waals surface area contributed by atoms with E-state index < -0.39 is 8.07 Å². The Hall–Kier alpha value is -0.523. The average molecular weight is 281 g/mol. The second kappa shape index (κ2) is 5.53. The Morgan fingerprint density at radius 2 is 1.73 bits per heavy atom. The van der Waals surface area contributed by atoms with E-state index in [-0.39, 0.29) is 0 Å². The van der Waals surface area contributed by atoms with Gasteiger partial charge in [-0.2, -0.15) is 0 Å². The van der Waals surface area contributed by atoms with Crippen LogP contribution in [-0.2, 0) is 0 Å². The molecule has 0 aromatic heterocycles. The number of hydrogen-bond acceptors (Lipinski definition) is 0. The molecule has 0 heterocycles. The lowest BCUT2D eigenvalue weighted by atomic mass is 10.2. The second-order valence-corrected chi connectivity index (χ2v) is 10.4. The van der Waals surface area contributed by atoms with E-state index in [2.05, 4.69) is 71.7 Å². The van der Waals surface area contributed by atoms with Crippen LogP contribution in [0.1, 0.15) is 12.0 Å². The third kappa shape index (κ3) is 4.23. The van der Waals surface area contributed by atoms with Crippen LogP contribution in [-0.4, -0.2) is 13.4 Å². The van der Waals surface area contributed by atoms with E-state index in [4.69, 9.17) is 0 Å². The fourth-order valence-corrected chi connectivity index (χ4v) is 2.63. The molecule has 1 rings (SSSR count). The van der Waals surface area contributed by atoms with Gasteiger partial charge in [0.15, 0.2) is 0 Å². The van der Waals surface area contributed by atoms with Gasteiger partial charge in [-0.25, -0.2) is 0 Å². The molecule has 0 spiro atoms. The lowest BCUT2D eigenvalue weighted by Gasteiger charge is -2.15. The number of halogens is 1. The van der Waals surface area contributed by atoms with Crippen molar-refractivity contribution < 1.29 is 0 Å². The SMILES string of the molecule is C[Si](C)(C)c1ccc(C#CCCBr)cc1. The standard InChI is InChI=1S/C13H17BrSi/c1-15(2,3)13-9-7-12(8-10-13)6-4-5-11-14/h7-10H,5,11H2,1-3H3. The normalized spacial score (nSPS) is 10.7. The maximum Gasteiger partial charge on any atom is 0.0775 e. The van der Waals surface area contributed by atoms with E-state index in [1.54, 1.807) is 0 Å². The maximum atomic E-state index is 3.36. The zero-order valence-electron chi connectivity index (χ0n) is 9.60. The third-order valence-corrected chi connectivity index (χ3v) is 4.67. The van der Waals surface area contributed by atoms with E-state index in [1.165, 1.54) is 5.19 Å². The molecule has 2 heteroatoms. The monoisotopic (exact) mass is 280 g/mol. The number of hydrogen-bond donors (Lipinski definition) is 0. The van der Waals surface area contributed by atoms with Crippen molar-refractivity contribution in [2.45, 2.75) is 26.1 Å². The van der Waals surface area contributed by atoms with Gasteiger partial charge in [0, 0.05) is 17.3 Å². The van der Waals surface area contributed by atoms with E-state index in [9.17, 15) is 0 Å². The van der Waals surface area contributed by atoms with Gasteiger partial charge in [0.25, 0.3) is 0 Å². The predicted molar refractivity (Wildman–Crippen MR) is 74.7 cm³/mol. The minimum atomic E-state index is -1.15. The van der Waals surface area contributed by atoms with Crippen molar-refractivity contribution in [3.8, 4) is 11.8 Å². The topological polar surface area (TPSA) is 0 Å². The molecule has 0 unspecified atom stereocenters. The van der Waals surface area contributed by atoms with E-state index in [0.29, 0.717) is 0 Å². The van der Waals surface area contributed by atoms with Crippen molar-refractivity contribution in [1.82, 2.24) is 0 Å². The second-order valence-electron chi connectivity index (χ2n) is 4.57. The summed E-state index contributed by atoms with van der Waals surface area (Å²) in [4.78, 5) is 0. The molecule has 80 valence electrons. The van der Waals surface area contributed by atoms with Gasteiger partial charge in [0.2, 0.25) is 0 Å². The summed E-state index contributed by atoms with van der Waals surface area (Å²) in [5.41, 5.74) is 1.12. The summed E-state index contributed by atoms with van der Waals surface area (Å²) in [6, 6.07) is 8.72. The third-order valence-electron chi connectivity index (χ3n) is 2.20. The van der Waals surface area contributed by atoms with E-state index in [0.717, 1.165) is 17.3 Å². The Labute approximate surface area is 102 Å². The van der Waals surface area contributed by atoms with Crippen molar-refractivity contribution in [1.29, 1.82) is 0 Å². The Balaban J connectivity index is 2.79. The number of benzene rings is 1. The Bertz CT molecular complexity index is 362. The first-order valence-electron chi connectivity index (χ1n) is 5.19. The van der Waals surface area contributed by atoms with Gasteiger partial charge in [0.1, 0.15) is 0 Å². The highest BCUT2D eigenvalue weighted by atomic mass is 79.9. The van der Waals surface area contributed by atoms with Crippen molar-refractivity contribution >= 4 is 29.2 Å². The van der Waals surface area contributed by atoms with Gasteiger partial charge >= 0.3 is 0 Å². The summed E-state index contributed by atoms with van der Waals surface area (Å²) in [6.07, 6.45) is 0.912. The molecule has 0 saturated carbocycles. The van der Waals surface area contributed by atoms with Gasteiger partial charge in [0.05, 0.1) is 8.07 Å². The van der Waals surface area contributed by atoms with Crippen LogP contribution >= 0.6 is 15.9 Å². The molecule has 0 fully saturated rings. The molecule has 0 atom stereocenters. The molecule has 15 heavy (non-hydrogen) atoms. The lowest BCUT2D eigenvalue weighted by Crippen LogP contribution is -2.37. The Morgan fingerprint density at radius 3 is 2.20 bits per heavy atom. The molecule has 0 aliphatic heterocycles. The van der Waals surface area contributed by atoms with Crippen molar-refractivity contribution in [3.05, 3.63) is 29.8 Å². The summed E-state index contributed by atoms with van der Waals surface area (Å²) in [6.45, 7) is 7.08. The van der Waals surface area contributed by atoms with Crippen LogP contribution in [0.3, 0.4) is 0 Å². The Morgan fingerprint density at radius 1 is 1.13 bits per heavy atom. The molecule has 1 aromatic carbocycles. The first kappa shape index (κ1) is 12.5. The summed E-state index contributed by atoms with van der Waals surface area (Å²) in [5.74, 6) is 6.28. The molecule has 0 nitrogen and oxygen atoms in total. The highest BCUT2D eigenvalue weighted by molar-refractivity contribution is 9.09. The van der Waals surface area contributed by atoms with Crippen molar-refractivity contribution in [2.24, 2.45) is 0 Å². The Kier molecular flexibility index (Phi) is 4.63.